The third-order valence-electron chi connectivity index (χ3n) is 8.57. The molecule has 2 unspecified atom stereocenters. The number of aliphatic hydroxyl groups excluding tert-OH is 1. The first-order chi connectivity index (χ1) is 11.6. The predicted molar refractivity (Wildman–Crippen MR) is 90.7 cm³/mol. The minimum atomic E-state index is -1.64. The van der Waals surface area contributed by atoms with Crippen LogP contribution in [0, 0.1) is 28.6 Å². The van der Waals surface area contributed by atoms with Crippen molar-refractivity contribution in [1.29, 1.82) is 0 Å². The third kappa shape index (κ3) is 1.97. The Balaban J connectivity index is 1.72. The monoisotopic (exact) mass is 348 g/mol. The largest absolute Gasteiger partial charge is 0.479 e. The van der Waals surface area contributed by atoms with Crippen molar-refractivity contribution in [3.05, 3.63) is 11.6 Å². The van der Waals surface area contributed by atoms with Gasteiger partial charge in [-0.2, -0.15) is 0 Å². The first-order valence-corrected chi connectivity index (χ1v) is 9.52. The zero-order chi connectivity index (χ0) is 18.2. The Hall–Kier alpha value is -1.20. The van der Waals surface area contributed by atoms with E-state index in [0.29, 0.717) is 18.8 Å². The summed E-state index contributed by atoms with van der Waals surface area (Å²) in [5.41, 5.74) is -1.55. The summed E-state index contributed by atoms with van der Waals surface area (Å²) in [6, 6.07) is 0. The molecule has 7 atom stereocenters. The van der Waals surface area contributed by atoms with Gasteiger partial charge in [0.05, 0.1) is 6.10 Å². The van der Waals surface area contributed by atoms with Gasteiger partial charge in [-0.05, 0) is 62.4 Å². The van der Waals surface area contributed by atoms with E-state index in [1.54, 1.807) is 6.08 Å². The average molecular weight is 348 g/mol. The van der Waals surface area contributed by atoms with E-state index in [0.717, 1.165) is 31.3 Å². The smallest absolute Gasteiger partial charge is 0.336 e. The highest BCUT2D eigenvalue weighted by Crippen LogP contribution is 2.67. The molecule has 4 rings (SSSR count). The van der Waals surface area contributed by atoms with Gasteiger partial charge in [-0.15, -0.1) is 0 Å². The van der Waals surface area contributed by atoms with Gasteiger partial charge in [0, 0.05) is 17.3 Å². The highest BCUT2D eigenvalue weighted by atomic mass is 16.4. The maximum Gasteiger partial charge on any atom is 0.336 e. The summed E-state index contributed by atoms with van der Waals surface area (Å²) in [6.07, 6.45) is 5.48. The number of hydrogen-bond donors (Lipinski definition) is 3. The van der Waals surface area contributed by atoms with E-state index in [4.69, 9.17) is 0 Å². The van der Waals surface area contributed by atoms with Crippen LogP contribution in [0.2, 0.25) is 0 Å². The van der Waals surface area contributed by atoms with Crippen molar-refractivity contribution in [2.24, 2.45) is 28.6 Å². The zero-order valence-electron chi connectivity index (χ0n) is 15.0. The molecule has 0 aromatic rings. The summed E-state index contributed by atoms with van der Waals surface area (Å²) in [6.45, 7) is 4.04. The summed E-state index contributed by atoms with van der Waals surface area (Å²) >= 11 is 0. The number of aliphatic hydroxyl groups is 2. The number of carbonyl (C=O) groups excluding carboxylic acids is 1. The molecule has 3 N–H and O–H groups in total. The first kappa shape index (κ1) is 17.2. The lowest BCUT2D eigenvalue weighted by Crippen LogP contribution is -2.59. The van der Waals surface area contributed by atoms with Crippen LogP contribution in [0.4, 0.5) is 0 Å². The quantitative estimate of drug-likeness (QED) is 0.676. The molecule has 3 saturated carbocycles. The van der Waals surface area contributed by atoms with Crippen LogP contribution in [0.25, 0.3) is 0 Å². The van der Waals surface area contributed by atoms with Crippen LogP contribution in [0.1, 0.15) is 58.8 Å². The van der Waals surface area contributed by atoms with E-state index in [-0.39, 0.29) is 29.5 Å². The minimum Gasteiger partial charge on any atom is -0.479 e. The first-order valence-electron chi connectivity index (χ1n) is 9.52. The number of hydrogen-bond acceptors (Lipinski definition) is 4. The Morgan fingerprint density at radius 3 is 2.52 bits per heavy atom. The number of ketones is 1. The van der Waals surface area contributed by atoms with Crippen LogP contribution >= 0.6 is 0 Å². The van der Waals surface area contributed by atoms with Gasteiger partial charge >= 0.3 is 5.97 Å². The van der Waals surface area contributed by atoms with E-state index >= 15 is 0 Å². The predicted octanol–water partition coefficient (Wildman–Crippen LogP) is 2.30. The standard InChI is InChI=1S/C20H28O5/c1-18-7-5-15-13(14(18)6-8-20(18,25)17(23)24)4-3-11-9-12(21)10-16(22)19(11,15)2/h9,13-16,22,25H,3-8,10H2,1-2H3,(H,23,24)/t13-,14-,15+,16?,18-,19-,20?/m0/s1. The molecule has 138 valence electrons. The molecule has 3 fully saturated rings. The molecule has 0 saturated heterocycles. The van der Waals surface area contributed by atoms with Gasteiger partial charge in [0.1, 0.15) is 0 Å². The van der Waals surface area contributed by atoms with Gasteiger partial charge in [0.25, 0.3) is 0 Å². The number of fused-ring (bicyclic) bond motifs is 5. The van der Waals surface area contributed by atoms with E-state index in [1.807, 2.05) is 6.92 Å². The van der Waals surface area contributed by atoms with Crippen molar-refractivity contribution in [3.8, 4) is 0 Å². The van der Waals surface area contributed by atoms with Crippen molar-refractivity contribution >= 4 is 11.8 Å². The maximum atomic E-state index is 11.9. The van der Waals surface area contributed by atoms with Crippen LogP contribution in [-0.4, -0.2) is 38.8 Å². The molecule has 5 nitrogen and oxygen atoms in total. The highest BCUT2D eigenvalue weighted by molar-refractivity contribution is 5.92. The van der Waals surface area contributed by atoms with Gasteiger partial charge in [-0.3, -0.25) is 4.79 Å². The Morgan fingerprint density at radius 2 is 1.84 bits per heavy atom. The number of carbonyl (C=O) groups is 2. The van der Waals surface area contributed by atoms with Gasteiger partial charge in [-0.25, -0.2) is 4.79 Å². The second-order valence-corrected chi connectivity index (χ2v) is 9.21. The molecule has 0 heterocycles. The van der Waals surface area contributed by atoms with Crippen molar-refractivity contribution in [2.45, 2.75) is 70.5 Å². The van der Waals surface area contributed by atoms with Gasteiger partial charge in [0.2, 0.25) is 0 Å². The molecule has 5 heteroatoms. The van der Waals surface area contributed by atoms with Crippen LogP contribution in [0.15, 0.2) is 11.6 Å². The molecule has 0 aromatic carbocycles. The fourth-order valence-electron chi connectivity index (χ4n) is 6.98. The molecule has 0 aromatic heterocycles. The molecule has 0 amide bonds. The second-order valence-electron chi connectivity index (χ2n) is 9.21. The fraction of sp³-hybridized carbons (Fsp3) is 0.800. The second kappa shape index (κ2) is 5.17. The summed E-state index contributed by atoms with van der Waals surface area (Å²) in [4.78, 5) is 23.7. The average Bonchev–Trinajstić information content (AvgIpc) is 2.82. The zero-order valence-corrected chi connectivity index (χ0v) is 15.0. The number of aliphatic carboxylic acids is 1. The molecule has 0 spiro atoms. The fourth-order valence-corrected chi connectivity index (χ4v) is 6.98. The molecule has 4 aliphatic carbocycles. The van der Waals surface area contributed by atoms with Crippen LogP contribution in [-0.2, 0) is 9.59 Å². The Bertz CT molecular complexity index is 669. The number of rotatable bonds is 1. The Morgan fingerprint density at radius 1 is 1.16 bits per heavy atom. The normalized spacial score (nSPS) is 52.0. The number of carboxylic acid groups (broad SMARTS) is 1. The highest BCUT2D eigenvalue weighted by Gasteiger charge is 2.67. The topological polar surface area (TPSA) is 94.8 Å². The number of carboxylic acids is 1. The van der Waals surface area contributed by atoms with Gasteiger partial charge < -0.3 is 15.3 Å². The molecule has 4 aliphatic rings. The van der Waals surface area contributed by atoms with Crippen LogP contribution < -0.4 is 0 Å². The summed E-state index contributed by atoms with van der Waals surface area (Å²) in [5, 5.41) is 31.3. The summed E-state index contributed by atoms with van der Waals surface area (Å²) in [7, 11) is 0. The van der Waals surface area contributed by atoms with Crippen molar-refractivity contribution in [2.75, 3.05) is 0 Å². The Labute approximate surface area is 148 Å². The molecular formula is C20H28O5. The van der Waals surface area contributed by atoms with E-state index in [2.05, 4.69) is 6.92 Å². The maximum absolute atomic E-state index is 11.9. The Kier molecular flexibility index (Phi) is 3.56. The summed E-state index contributed by atoms with van der Waals surface area (Å²) in [5.74, 6) is -0.362. The summed E-state index contributed by atoms with van der Waals surface area (Å²) < 4.78 is 0. The molecule has 25 heavy (non-hydrogen) atoms. The molecular weight excluding hydrogens is 320 g/mol. The molecule has 0 radical (unpaired) electrons. The minimum absolute atomic E-state index is 0.0141. The van der Waals surface area contributed by atoms with Crippen molar-refractivity contribution < 1.29 is 24.9 Å². The van der Waals surface area contributed by atoms with E-state index in [1.165, 1.54) is 0 Å². The lowest BCUT2D eigenvalue weighted by atomic mass is 9.46. The molecule has 0 aliphatic heterocycles. The van der Waals surface area contributed by atoms with Gasteiger partial charge in [-0.1, -0.05) is 19.4 Å². The third-order valence-corrected chi connectivity index (χ3v) is 8.57. The van der Waals surface area contributed by atoms with Crippen molar-refractivity contribution in [1.82, 2.24) is 0 Å². The lowest BCUT2D eigenvalue weighted by molar-refractivity contribution is -0.183. The van der Waals surface area contributed by atoms with E-state index < -0.39 is 23.1 Å². The van der Waals surface area contributed by atoms with Gasteiger partial charge in [0.15, 0.2) is 11.4 Å². The lowest BCUT2D eigenvalue weighted by Gasteiger charge is -2.59. The SMILES string of the molecule is C[C@]12CC[C@@H]3[C@@H](CCC4=CC(=O)CC(O)[C@@]43C)[C@@H]1CCC2(O)C(=O)O. The van der Waals surface area contributed by atoms with Crippen LogP contribution in [0.3, 0.4) is 0 Å². The molecule has 0 bridgehead atoms. The van der Waals surface area contributed by atoms with E-state index in [9.17, 15) is 24.9 Å². The van der Waals surface area contributed by atoms with Crippen LogP contribution in [0.5, 0.6) is 0 Å². The van der Waals surface area contributed by atoms with Crippen molar-refractivity contribution in [3.63, 3.8) is 0 Å².